The predicted octanol–water partition coefficient (Wildman–Crippen LogP) is 1.71. The molecule has 1 N–H and O–H groups in total. The minimum Gasteiger partial charge on any atom is -0.309 e. The Morgan fingerprint density at radius 1 is 1.67 bits per heavy atom. The van der Waals surface area contributed by atoms with E-state index in [0.29, 0.717) is 6.04 Å². The highest BCUT2D eigenvalue weighted by Crippen LogP contribution is 2.17. The van der Waals surface area contributed by atoms with Crippen molar-refractivity contribution in [1.29, 1.82) is 0 Å². The fraction of sp³-hybridized carbons (Fsp3) is 0.727. The Bertz CT molecular complexity index is 316. The van der Waals surface area contributed by atoms with Gasteiger partial charge >= 0.3 is 0 Å². The first-order valence-corrected chi connectivity index (χ1v) is 6.71. The van der Waals surface area contributed by atoms with Crippen LogP contribution in [-0.2, 0) is 13.6 Å². The van der Waals surface area contributed by atoms with Gasteiger partial charge in [-0.3, -0.25) is 4.68 Å². The summed E-state index contributed by atoms with van der Waals surface area (Å²) >= 11 is 2.06. The normalized spacial score (nSPS) is 21.9. The second kappa shape index (κ2) is 5.03. The molecule has 1 saturated heterocycles. The zero-order valence-electron chi connectivity index (χ0n) is 9.49. The van der Waals surface area contributed by atoms with Gasteiger partial charge in [0.1, 0.15) is 0 Å². The minimum atomic E-state index is 0.698. The highest BCUT2D eigenvalue weighted by molar-refractivity contribution is 7.99. The van der Waals surface area contributed by atoms with Gasteiger partial charge in [-0.1, -0.05) is 0 Å². The first kappa shape index (κ1) is 11.0. The van der Waals surface area contributed by atoms with Crippen LogP contribution in [0.25, 0.3) is 0 Å². The van der Waals surface area contributed by atoms with Crippen LogP contribution in [0.2, 0.25) is 0 Å². The van der Waals surface area contributed by atoms with E-state index in [0.717, 1.165) is 12.2 Å². The molecule has 0 aliphatic carbocycles. The number of nitrogens with one attached hydrogen (secondary N) is 1. The van der Waals surface area contributed by atoms with Gasteiger partial charge < -0.3 is 5.32 Å². The van der Waals surface area contributed by atoms with Crippen molar-refractivity contribution in [1.82, 2.24) is 15.1 Å². The molecule has 1 atom stereocenters. The Balaban J connectivity index is 1.84. The van der Waals surface area contributed by atoms with Gasteiger partial charge in [0.2, 0.25) is 0 Å². The van der Waals surface area contributed by atoms with Crippen molar-refractivity contribution in [3.63, 3.8) is 0 Å². The number of aromatic nitrogens is 2. The lowest BCUT2D eigenvalue weighted by atomic mass is 10.1. The van der Waals surface area contributed by atoms with E-state index in [4.69, 9.17) is 0 Å². The van der Waals surface area contributed by atoms with Crippen LogP contribution in [0.15, 0.2) is 6.20 Å². The molecule has 2 heterocycles. The van der Waals surface area contributed by atoms with Crippen LogP contribution < -0.4 is 5.32 Å². The summed E-state index contributed by atoms with van der Waals surface area (Å²) in [6, 6.07) is 0.698. The summed E-state index contributed by atoms with van der Waals surface area (Å²) in [5.41, 5.74) is 2.47. The third kappa shape index (κ3) is 2.98. The Morgan fingerprint density at radius 3 is 3.13 bits per heavy atom. The van der Waals surface area contributed by atoms with Crippen molar-refractivity contribution < 1.29 is 0 Å². The summed E-state index contributed by atoms with van der Waals surface area (Å²) in [4.78, 5) is 0. The molecule has 1 aliphatic rings. The number of hydrogen-bond acceptors (Lipinski definition) is 3. The summed E-state index contributed by atoms with van der Waals surface area (Å²) in [7, 11) is 1.98. The molecule has 1 fully saturated rings. The van der Waals surface area contributed by atoms with Crippen LogP contribution >= 0.6 is 11.8 Å². The van der Waals surface area contributed by atoms with E-state index < -0.39 is 0 Å². The lowest BCUT2D eigenvalue weighted by Gasteiger charge is -2.22. The average Bonchev–Trinajstić information content (AvgIpc) is 2.56. The van der Waals surface area contributed by atoms with Gasteiger partial charge in [-0.25, -0.2) is 0 Å². The van der Waals surface area contributed by atoms with Gasteiger partial charge in [0.25, 0.3) is 0 Å². The van der Waals surface area contributed by atoms with E-state index in [-0.39, 0.29) is 0 Å². The monoisotopic (exact) mass is 225 g/mol. The van der Waals surface area contributed by atoms with Crippen LogP contribution in [0.4, 0.5) is 0 Å². The SMILES string of the molecule is Cc1nn(C)cc1CNC1CCCSC1. The number of rotatable bonds is 3. The van der Waals surface area contributed by atoms with Crippen LogP contribution in [-0.4, -0.2) is 27.3 Å². The maximum atomic E-state index is 4.35. The summed E-state index contributed by atoms with van der Waals surface area (Å²) in [6.45, 7) is 3.04. The van der Waals surface area contributed by atoms with Crippen LogP contribution in [0, 0.1) is 6.92 Å². The average molecular weight is 225 g/mol. The largest absolute Gasteiger partial charge is 0.309 e. The quantitative estimate of drug-likeness (QED) is 0.849. The van der Waals surface area contributed by atoms with Gasteiger partial charge in [0.15, 0.2) is 0 Å². The van der Waals surface area contributed by atoms with Crippen molar-refractivity contribution in [3.05, 3.63) is 17.5 Å². The Labute approximate surface area is 95.6 Å². The number of thioether (sulfide) groups is 1. The maximum absolute atomic E-state index is 4.35. The molecule has 1 aromatic rings. The number of hydrogen-bond donors (Lipinski definition) is 1. The zero-order chi connectivity index (χ0) is 10.7. The second-order valence-corrected chi connectivity index (χ2v) is 5.36. The van der Waals surface area contributed by atoms with E-state index in [1.807, 2.05) is 11.7 Å². The standard InChI is InChI=1S/C11H19N3S/c1-9-10(7-14(2)13-9)6-12-11-4-3-5-15-8-11/h7,11-12H,3-6,8H2,1-2H3. The lowest BCUT2D eigenvalue weighted by Crippen LogP contribution is -2.33. The minimum absolute atomic E-state index is 0.698. The van der Waals surface area contributed by atoms with Gasteiger partial charge in [0, 0.05) is 37.1 Å². The fourth-order valence-corrected chi connectivity index (χ4v) is 3.08. The van der Waals surface area contributed by atoms with Gasteiger partial charge in [-0.15, -0.1) is 0 Å². The van der Waals surface area contributed by atoms with Crippen molar-refractivity contribution in [2.45, 2.75) is 32.4 Å². The molecule has 0 bridgehead atoms. The molecule has 2 rings (SSSR count). The van der Waals surface area contributed by atoms with E-state index in [1.54, 1.807) is 0 Å². The topological polar surface area (TPSA) is 29.9 Å². The van der Waals surface area contributed by atoms with E-state index in [9.17, 15) is 0 Å². The highest BCUT2D eigenvalue weighted by Gasteiger charge is 2.13. The maximum Gasteiger partial charge on any atom is 0.0638 e. The van der Waals surface area contributed by atoms with E-state index in [2.05, 4.69) is 35.3 Å². The summed E-state index contributed by atoms with van der Waals surface area (Å²) < 4.78 is 1.89. The van der Waals surface area contributed by atoms with E-state index >= 15 is 0 Å². The summed E-state index contributed by atoms with van der Waals surface area (Å²) in [6.07, 6.45) is 4.79. The number of nitrogens with zero attached hydrogens (tertiary/aromatic N) is 2. The molecule has 1 aliphatic heterocycles. The molecule has 0 aromatic carbocycles. The molecule has 4 heteroatoms. The molecule has 84 valence electrons. The lowest BCUT2D eigenvalue weighted by molar-refractivity contribution is 0.507. The smallest absolute Gasteiger partial charge is 0.0638 e. The van der Waals surface area contributed by atoms with Crippen LogP contribution in [0.1, 0.15) is 24.1 Å². The number of aryl methyl sites for hydroxylation is 2. The van der Waals surface area contributed by atoms with Crippen molar-refractivity contribution >= 4 is 11.8 Å². The third-order valence-corrected chi connectivity index (χ3v) is 4.07. The summed E-state index contributed by atoms with van der Waals surface area (Å²) in [5, 5.41) is 7.96. The highest BCUT2D eigenvalue weighted by atomic mass is 32.2. The van der Waals surface area contributed by atoms with Crippen molar-refractivity contribution in [2.75, 3.05) is 11.5 Å². The molecule has 0 amide bonds. The fourth-order valence-electron chi connectivity index (χ4n) is 1.98. The molecular formula is C11H19N3S. The Hall–Kier alpha value is -0.480. The Kier molecular flexibility index (Phi) is 3.70. The molecule has 1 aromatic heterocycles. The molecule has 0 radical (unpaired) electrons. The molecule has 3 nitrogen and oxygen atoms in total. The molecule has 1 unspecified atom stereocenters. The molecular weight excluding hydrogens is 206 g/mol. The van der Waals surface area contributed by atoms with Crippen LogP contribution in [0.3, 0.4) is 0 Å². The molecule has 0 saturated carbocycles. The third-order valence-electron chi connectivity index (χ3n) is 2.86. The van der Waals surface area contributed by atoms with Gasteiger partial charge in [-0.2, -0.15) is 16.9 Å². The van der Waals surface area contributed by atoms with E-state index in [1.165, 1.54) is 29.9 Å². The summed E-state index contributed by atoms with van der Waals surface area (Å²) in [5.74, 6) is 2.60. The molecule has 15 heavy (non-hydrogen) atoms. The van der Waals surface area contributed by atoms with Gasteiger partial charge in [0.05, 0.1) is 5.69 Å². The van der Waals surface area contributed by atoms with Gasteiger partial charge in [-0.05, 0) is 25.5 Å². The second-order valence-electron chi connectivity index (χ2n) is 4.21. The first-order valence-electron chi connectivity index (χ1n) is 5.56. The zero-order valence-corrected chi connectivity index (χ0v) is 10.3. The van der Waals surface area contributed by atoms with Crippen molar-refractivity contribution in [2.24, 2.45) is 7.05 Å². The Morgan fingerprint density at radius 2 is 2.53 bits per heavy atom. The van der Waals surface area contributed by atoms with Crippen LogP contribution in [0.5, 0.6) is 0 Å². The molecule has 0 spiro atoms. The predicted molar refractivity (Wildman–Crippen MR) is 65.1 cm³/mol. The first-order chi connectivity index (χ1) is 7.25. The van der Waals surface area contributed by atoms with Crippen molar-refractivity contribution in [3.8, 4) is 0 Å².